The maximum atomic E-state index is 12.1. The third kappa shape index (κ3) is 5.19. The number of rotatable bonds is 8. The molecule has 1 rings (SSSR count). The van der Waals surface area contributed by atoms with Crippen LogP contribution in [0.25, 0.3) is 0 Å². The lowest BCUT2D eigenvalue weighted by Gasteiger charge is -2.18. The highest BCUT2D eigenvalue weighted by Crippen LogP contribution is 2.08. The molecule has 0 spiro atoms. The highest BCUT2D eigenvalue weighted by molar-refractivity contribution is 5.97. The highest BCUT2D eigenvalue weighted by Gasteiger charge is 2.13. The fourth-order valence-electron chi connectivity index (χ4n) is 2.00. The molecule has 5 heteroatoms. The number of carbonyl (C=O) groups excluding carboxylic acids is 2. The normalized spacial score (nSPS) is 10.2. The Kier molecular flexibility index (Phi) is 7.46. The molecule has 5 nitrogen and oxygen atoms in total. The lowest BCUT2D eigenvalue weighted by Crippen LogP contribution is -2.32. The van der Waals surface area contributed by atoms with Crippen LogP contribution in [0.2, 0.25) is 0 Å². The molecular formula is C16H25N3O2. The molecule has 0 aliphatic heterocycles. The van der Waals surface area contributed by atoms with Crippen molar-refractivity contribution in [3.05, 3.63) is 35.4 Å². The third-order valence-electron chi connectivity index (χ3n) is 3.28. The van der Waals surface area contributed by atoms with Gasteiger partial charge in [-0.25, -0.2) is 0 Å². The summed E-state index contributed by atoms with van der Waals surface area (Å²) in [4.78, 5) is 25.8. The Balaban J connectivity index is 2.61. The minimum Gasteiger partial charge on any atom is -0.351 e. The molecule has 2 amide bonds. The van der Waals surface area contributed by atoms with Crippen LogP contribution in [0.15, 0.2) is 24.3 Å². The molecule has 0 aliphatic carbocycles. The molecule has 0 saturated heterocycles. The standard InChI is InChI=1S/C16H25N3O2/c1-4-17-11-12-18-15(20)13-7-9-14(10-8-13)16(21)19(5-2)6-3/h7-10,17H,4-6,11-12H2,1-3H3,(H,18,20). The maximum Gasteiger partial charge on any atom is 0.253 e. The zero-order chi connectivity index (χ0) is 15.7. The van der Waals surface area contributed by atoms with E-state index in [1.807, 2.05) is 20.8 Å². The van der Waals surface area contributed by atoms with Crippen molar-refractivity contribution in [3.8, 4) is 0 Å². The zero-order valence-corrected chi connectivity index (χ0v) is 13.1. The predicted octanol–water partition coefficient (Wildman–Crippen LogP) is 1.51. The lowest BCUT2D eigenvalue weighted by atomic mass is 10.1. The molecule has 116 valence electrons. The van der Waals surface area contributed by atoms with Crippen molar-refractivity contribution in [3.63, 3.8) is 0 Å². The quantitative estimate of drug-likeness (QED) is 0.714. The van der Waals surface area contributed by atoms with Crippen LogP contribution >= 0.6 is 0 Å². The Labute approximate surface area is 126 Å². The number of hydrogen-bond donors (Lipinski definition) is 2. The minimum absolute atomic E-state index is 0.000830. The van der Waals surface area contributed by atoms with E-state index in [1.54, 1.807) is 29.2 Å². The van der Waals surface area contributed by atoms with Crippen LogP contribution in [0, 0.1) is 0 Å². The molecule has 0 aliphatic rings. The fourth-order valence-corrected chi connectivity index (χ4v) is 2.00. The number of likely N-dealkylation sites (N-methyl/N-ethyl adjacent to an activating group) is 1. The highest BCUT2D eigenvalue weighted by atomic mass is 16.2. The molecule has 0 heterocycles. The summed E-state index contributed by atoms with van der Waals surface area (Å²) in [6.45, 7) is 9.52. The Morgan fingerprint density at radius 1 is 0.952 bits per heavy atom. The summed E-state index contributed by atoms with van der Waals surface area (Å²) in [7, 11) is 0. The number of nitrogens with zero attached hydrogens (tertiary/aromatic N) is 1. The predicted molar refractivity (Wildman–Crippen MR) is 84.6 cm³/mol. The van der Waals surface area contributed by atoms with E-state index in [-0.39, 0.29) is 11.8 Å². The van der Waals surface area contributed by atoms with Gasteiger partial charge < -0.3 is 15.5 Å². The number of nitrogens with one attached hydrogen (secondary N) is 2. The molecule has 0 saturated carbocycles. The van der Waals surface area contributed by atoms with Gasteiger partial charge in [0.2, 0.25) is 0 Å². The summed E-state index contributed by atoms with van der Waals surface area (Å²) in [5.74, 6) is -0.117. The van der Waals surface area contributed by atoms with Crippen molar-refractivity contribution >= 4 is 11.8 Å². The molecular weight excluding hydrogens is 266 g/mol. The summed E-state index contributed by atoms with van der Waals surface area (Å²) < 4.78 is 0. The second-order valence-electron chi connectivity index (χ2n) is 4.66. The van der Waals surface area contributed by atoms with Gasteiger partial charge in [-0.1, -0.05) is 6.92 Å². The molecule has 0 radical (unpaired) electrons. The minimum atomic E-state index is -0.116. The molecule has 0 bridgehead atoms. The molecule has 0 aromatic heterocycles. The van der Waals surface area contributed by atoms with Crippen molar-refractivity contribution in [2.45, 2.75) is 20.8 Å². The first-order chi connectivity index (χ1) is 10.1. The van der Waals surface area contributed by atoms with Crippen molar-refractivity contribution in [2.75, 3.05) is 32.7 Å². The smallest absolute Gasteiger partial charge is 0.253 e. The van der Waals surface area contributed by atoms with Crippen LogP contribution in [-0.4, -0.2) is 49.4 Å². The van der Waals surface area contributed by atoms with E-state index in [2.05, 4.69) is 10.6 Å². The van der Waals surface area contributed by atoms with E-state index in [0.29, 0.717) is 30.8 Å². The van der Waals surface area contributed by atoms with Gasteiger partial charge in [-0.3, -0.25) is 9.59 Å². The van der Waals surface area contributed by atoms with Crippen molar-refractivity contribution in [2.24, 2.45) is 0 Å². The zero-order valence-electron chi connectivity index (χ0n) is 13.1. The van der Waals surface area contributed by atoms with E-state index in [0.717, 1.165) is 13.1 Å². The Bertz CT molecular complexity index is 453. The van der Waals surface area contributed by atoms with E-state index >= 15 is 0 Å². The summed E-state index contributed by atoms with van der Waals surface area (Å²) in [5, 5.41) is 5.97. The van der Waals surface area contributed by atoms with Gasteiger partial charge in [0.15, 0.2) is 0 Å². The number of benzene rings is 1. The van der Waals surface area contributed by atoms with Gasteiger partial charge in [-0.2, -0.15) is 0 Å². The van der Waals surface area contributed by atoms with Crippen LogP contribution in [0.5, 0.6) is 0 Å². The van der Waals surface area contributed by atoms with Gasteiger partial charge in [0.1, 0.15) is 0 Å². The van der Waals surface area contributed by atoms with Gasteiger partial charge in [-0.05, 0) is 44.7 Å². The fraction of sp³-hybridized carbons (Fsp3) is 0.500. The first-order valence-corrected chi connectivity index (χ1v) is 7.52. The molecule has 0 fully saturated rings. The Hall–Kier alpha value is -1.88. The van der Waals surface area contributed by atoms with E-state index in [4.69, 9.17) is 0 Å². The monoisotopic (exact) mass is 291 g/mol. The molecule has 0 unspecified atom stereocenters. The Morgan fingerprint density at radius 3 is 2.05 bits per heavy atom. The summed E-state index contributed by atoms with van der Waals surface area (Å²) in [6, 6.07) is 6.80. The molecule has 1 aromatic carbocycles. The average Bonchev–Trinajstić information content (AvgIpc) is 2.52. The van der Waals surface area contributed by atoms with Gasteiger partial charge in [0, 0.05) is 37.3 Å². The van der Waals surface area contributed by atoms with Gasteiger partial charge >= 0.3 is 0 Å². The number of hydrogen-bond acceptors (Lipinski definition) is 3. The van der Waals surface area contributed by atoms with Crippen molar-refractivity contribution in [1.82, 2.24) is 15.5 Å². The SMILES string of the molecule is CCNCCNC(=O)c1ccc(C(=O)N(CC)CC)cc1. The second-order valence-corrected chi connectivity index (χ2v) is 4.66. The Morgan fingerprint density at radius 2 is 1.52 bits per heavy atom. The van der Waals surface area contributed by atoms with Crippen molar-refractivity contribution in [1.29, 1.82) is 0 Å². The van der Waals surface area contributed by atoms with E-state index < -0.39 is 0 Å². The second kappa shape index (κ2) is 9.13. The van der Waals surface area contributed by atoms with Crippen LogP contribution in [0.1, 0.15) is 41.5 Å². The summed E-state index contributed by atoms with van der Waals surface area (Å²) in [5.41, 5.74) is 1.19. The molecule has 0 atom stereocenters. The molecule has 21 heavy (non-hydrogen) atoms. The van der Waals surface area contributed by atoms with Gasteiger partial charge in [0.25, 0.3) is 11.8 Å². The first kappa shape index (κ1) is 17.2. The largest absolute Gasteiger partial charge is 0.351 e. The molecule has 2 N–H and O–H groups in total. The summed E-state index contributed by atoms with van der Waals surface area (Å²) in [6.07, 6.45) is 0. The maximum absolute atomic E-state index is 12.1. The molecule has 1 aromatic rings. The van der Waals surface area contributed by atoms with E-state index in [1.165, 1.54) is 0 Å². The van der Waals surface area contributed by atoms with Gasteiger partial charge in [0.05, 0.1) is 0 Å². The van der Waals surface area contributed by atoms with Crippen LogP contribution in [0.4, 0.5) is 0 Å². The van der Waals surface area contributed by atoms with Crippen LogP contribution in [-0.2, 0) is 0 Å². The van der Waals surface area contributed by atoms with Crippen molar-refractivity contribution < 1.29 is 9.59 Å². The van der Waals surface area contributed by atoms with Crippen LogP contribution < -0.4 is 10.6 Å². The first-order valence-electron chi connectivity index (χ1n) is 7.52. The van der Waals surface area contributed by atoms with Crippen LogP contribution in [0.3, 0.4) is 0 Å². The lowest BCUT2D eigenvalue weighted by molar-refractivity contribution is 0.0772. The van der Waals surface area contributed by atoms with Gasteiger partial charge in [-0.15, -0.1) is 0 Å². The topological polar surface area (TPSA) is 61.4 Å². The average molecular weight is 291 g/mol. The third-order valence-corrected chi connectivity index (χ3v) is 3.28. The number of carbonyl (C=O) groups is 2. The summed E-state index contributed by atoms with van der Waals surface area (Å²) >= 11 is 0. The number of amides is 2. The van der Waals surface area contributed by atoms with E-state index in [9.17, 15) is 9.59 Å².